The lowest BCUT2D eigenvalue weighted by Gasteiger charge is -2.23. The molecule has 0 saturated carbocycles. The monoisotopic (exact) mass is 250 g/mol. The van der Waals surface area contributed by atoms with Crippen LogP contribution in [0.4, 0.5) is 0 Å². The van der Waals surface area contributed by atoms with Crippen molar-refractivity contribution in [1.29, 1.82) is 0 Å². The second-order valence-electron chi connectivity index (χ2n) is 3.52. The van der Waals surface area contributed by atoms with Crippen molar-refractivity contribution >= 4 is 11.7 Å². The number of nitrogens with zero attached hydrogens (tertiary/aromatic N) is 1. The summed E-state index contributed by atoms with van der Waals surface area (Å²) < 4.78 is 15.6. The maximum atomic E-state index is 10.9. The Morgan fingerprint density at radius 3 is 2.39 bits per heavy atom. The summed E-state index contributed by atoms with van der Waals surface area (Å²) >= 11 is 0. The highest BCUT2D eigenvalue weighted by Gasteiger charge is 2.35. The third-order valence-corrected chi connectivity index (χ3v) is 2.59. The summed E-state index contributed by atoms with van der Waals surface area (Å²) in [6.07, 6.45) is 3.47. The van der Waals surface area contributed by atoms with Gasteiger partial charge in [-0.1, -0.05) is 0 Å². The topological polar surface area (TPSA) is 77.4 Å². The van der Waals surface area contributed by atoms with Crippen molar-refractivity contribution in [2.45, 2.75) is 0 Å². The Bertz CT molecular complexity index is 513. The molecular weight excluding hydrogens is 238 g/mol. The van der Waals surface area contributed by atoms with Crippen LogP contribution in [-0.2, 0) is 19.0 Å². The summed E-state index contributed by atoms with van der Waals surface area (Å²) in [4.78, 5) is 14.9. The van der Waals surface area contributed by atoms with E-state index < -0.39 is 5.97 Å². The van der Waals surface area contributed by atoms with Crippen LogP contribution < -0.4 is 0 Å². The maximum Gasteiger partial charge on any atom is 0.354 e. The van der Waals surface area contributed by atoms with Gasteiger partial charge in [-0.15, -0.1) is 0 Å². The van der Waals surface area contributed by atoms with Crippen LogP contribution >= 0.6 is 0 Å². The maximum absolute atomic E-state index is 10.9. The molecule has 1 radical (unpaired) electrons. The van der Waals surface area contributed by atoms with E-state index in [2.05, 4.69) is 4.99 Å². The van der Waals surface area contributed by atoms with Crippen LogP contribution in [0.2, 0.25) is 0 Å². The molecule has 18 heavy (non-hydrogen) atoms. The smallest absolute Gasteiger partial charge is 0.354 e. The number of methoxy groups -OCH3 is 3. The lowest BCUT2D eigenvalue weighted by Crippen LogP contribution is -2.16. The average molecular weight is 250 g/mol. The van der Waals surface area contributed by atoms with E-state index in [1.807, 2.05) is 0 Å². The van der Waals surface area contributed by atoms with E-state index >= 15 is 0 Å². The van der Waals surface area contributed by atoms with Crippen LogP contribution in [-0.4, -0.2) is 38.1 Å². The number of carbonyl (C=O) groups is 1. The summed E-state index contributed by atoms with van der Waals surface area (Å²) in [5, 5.41) is 8.94. The minimum absolute atomic E-state index is 0.0430. The second-order valence-corrected chi connectivity index (χ2v) is 3.52. The first-order valence-electron chi connectivity index (χ1n) is 5.12. The molecule has 0 amide bonds. The van der Waals surface area contributed by atoms with E-state index in [0.29, 0.717) is 28.9 Å². The van der Waals surface area contributed by atoms with Gasteiger partial charge in [0.25, 0.3) is 0 Å². The molecule has 2 rings (SSSR count). The molecule has 2 aliphatic rings. The molecule has 95 valence electrons. The molecule has 1 heterocycles. The predicted octanol–water partition coefficient (Wildman–Crippen LogP) is 1.03. The number of allylic oxidation sites excluding steroid dienone is 1. The number of hydrogen-bond acceptors (Lipinski definition) is 5. The highest BCUT2D eigenvalue weighted by atomic mass is 16.5. The largest absolute Gasteiger partial charge is 0.494 e. The van der Waals surface area contributed by atoms with Crippen LogP contribution in [0.3, 0.4) is 0 Å². The van der Waals surface area contributed by atoms with Gasteiger partial charge in [0.05, 0.1) is 19.9 Å². The van der Waals surface area contributed by atoms with Gasteiger partial charge in [-0.2, -0.15) is 0 Å². The molecule has 0 aromatic heterocycles. The fourth-order valence-electron chi connectivity index (χ4n) is 1.81. The molecule has 6 nitrogen and oxygen atoms in total. The van der Waals surface area contributed by atoms with Gasteiger partial charge >= 0.3 is 5.97 Å². The van der Waals surface area contributed by atoms with Crippen molar-refractivity contribution in [1.82, 2.24) is 0 Å². The zero-order chi connectivity index (χ0) is 13.3. The van der Waals surface area contributed by atoms with Gasteiger partial charge in [0.2, 0.25) is 0 Å². The molecule has 1 N–H and O–H groups in total. The van der Waals surface area contributed by atoms with Gasteiger partial charge in [0, 0.05) is 18.8 Å². The van der Waals surface area contributed by atoms with Gasteiger partial charge in [-0.3, -0.25) is 0 Å². The minimum atomic E-state index is -1.09. The lowest BCUT2D eigenvalue weighted by atomic mass is 9.99. The van der Waals surface area contributed by atoms with Gasteiger partial charge < -0.3 is 19.3 Å². The first kappa shape index (κ1) is 12.4. The fraction of sp³-hybridized carbons (Fsp3) is 0.250. The zero-order valence-electron chi connectivity index (χ0n) is 10.2. The van der Waals surface area contributed by atoms with E-state index in [1.54, 1.807) is 6.08 Å². The van der Waals surface area contributed by atoms with Crippen molar-refractivity contribution < 1.29 is 24.1 Å². The minimum Gasteiger partial charge on any atom is -0.494 e. The summed E-state index contributed by atoms with van der Waals surface area (Å²) in [7, 11) is 4.45. The molecule has 1 aliphatic heterocycles. The summed E-state index contributed by atoms with van der Waals surface area (Å²) in [6, 6.07) is 0. The molecule has 0 aromatic rings. The van der Waals surface area contributed by atoms with E-state index in [4.69, 9.17) is 19.3 Å². The number of carboxylic acid groups (broad SMARTS) is 1. The average Bonchev–Trinajstić information content (AvgIpc) is 2.79. The van der Waals surface area contributed by atoms with E-state index in [0.717, 1.165) is 0 Å². The number of rotatable bonds is 4. The van der Waals surface area contributed by atoms with Gasteiger partial charge in [-0.25, -0.2) is 9.79 Å². The molecule has 1 aliphatic carbocycles. The van der Waals surface area contributed by atoms with E-state index in [-0.39, 0.29) is 5.71 Å². The summed E-state index contributed by atoms with van der Waals surface area (Å²) in [5.74, 6) is -0.236. The van der Waals surface area contributed by atoms with Crippen molar-refractivity contribution in [3.8, 4) is 0 Å². The number of aliphatic carboxylic acids is 1. The Morgan fingerprint density at radius 2 is 1.89 bits per heavy atom. The Labute approximate surface area is 104 Å². The Hall–Kier alpha value is -2.08. The van der Waals surface area contributed by atoms with Crippen molar-refractivity contribution in [2.24, 2.45) is 4.99 Å². The van der Waals surface area contributed by atoms with Crippen LogP contribution in [0.1, 0.15) is 0 Å². The number of carboxylic acids is 1. The van der Waals surface area contributed by atoms with Crippen LogP contribution in [0.15, 0.2) is 39.9 Å². The second kappa shape index (κ2) is 4.66. The summed E-state index contributed by atoms with van der Waals surface area (Å²) in [6.45, 7) is 0. The van der Waals surface area contributed by atoms with Crippen molar-refractivity contribution in [3.05, 3.63) is 41.0 Å². The molecule has 0 aromatic carbocycles. The fourth-order valence-corrected chi connectivity index (χ4v) is 1.81. The van der Waals surface area contributed by atoms with Gasteiger partial charge in [-0.05, 0) is 6.08 Å². The highest BCUT2D eigenvalue weighted by Crippen LogP contribution is 2.40. The van der Waals surface area contributed by atoms with Crippen LogP contribution in [0.25, 0.3) is 0 Å². The summed E-state index contributed by atoms with van der Waals surface area (Å²) in [5.41, 5.74) is 1.02. The number of ether oxygens (including phenoxy) is 3. The number of hydrogen-bond donors (Lipinski definition) is 1. The molecule has 6 heteroatoms. The molecule has 0 fully saturated rings. The Balaban J connectivity index is 2.49. The Kier molecular flexibility index (Phi) is 3.20. The standard InChI is InChI=1S/C12H12NO5/c1-16-9-5-7-6(4-8(13-7)12(14)15)10(17-2)11(9)18-3/h4-5H,1-3H3,(H,14,15). The highest BCUT2D eigenvalue weighted by molar-refractivity contribution is 6.42. The Morgan fingerprint density at radius 1 is 1.17 bits per heavy atom. The first-order valence-corrected chi connectivity index (χ1v) is 5.12. The third kappa shape index (κ3) is 1.80. The molecule has 0 saturated heterocycles. The predicted molar refractivity (Wildman–Crippen MR) is 62.5 cm³/mol. The number of aliphatic imine (C=N–C) groups is 1. The van der Waals surface area contributed by atoms with E-state index in [1.165, 1.54) is 27.4 Å². The normalized spacial score (nSPS) is 18.9. The van der Waals surface area contributed by atoms with Gasteiger partial charge in [0.1, 0.15) is 5.71 Å². The first-order chi connectivity index (χ1) is 8.62. The SMILES string of the molecule is CO[C]1C2=CC(C(=O)O)=NC2=CC(OC)=C1OC. The van der Waals surface area contributed by atoms with Crippen LogP contribution in [0.5, 0.6) is 0 Å². The third-order valence-electron chi connectivity index (χ3n) is 2.59. The van der Waals surface area contributed by atoms with Crippen molar-refractivity contribution in [2.75, 3.05) is 21.3 Å². The zero-order valence-corrected chi connectivity index (χ0v) is 10.2. The quantitative estimate of drug-likeness (QED) is 0.806. The van der Waals surface area contributed by atoms with Crippen LogP contribution in [0, 0.1) is 6.10 Å². The number of fused-ring (bicyclic) bond motifs is 1. The molecule has 0 unspecified atom stereocenters. The lowest BCUT2D eigenvalue weighted by molar-refractivity contribution is -0.129. The van der Waals surface area contributed by atoms with Crippen molar-refractivity contribution in [3.63, 3.8) is 0 Å². The molecular formula is C12H12NO5. The van der Waals surface area contributed by atoms with Gasteiger partial charge in [0.15, 0.2) is 17.6 Å². The van der Waals surface area contributed by atoms with E-state index in [9.17, 15) is 4.79 Å². The molecule has 0 bridgehead atoms. The molecule has 0 atom stereocenters. The molecule has 0 spiro atoms.